The summed E-state index contributed by atoms with van der Waals surface area (Å²) < 4.78 is 28.6. The summed E-state index contributed by atoms with van der Waals surface area (Å²) in [5, 5.41) is 2.48. The first kappa shape index (κ1) is 29.0. The first-order valence-corrected chi connectivity index (χ1v) is 16.9. The second-order valence-electron chi connectivity index (χ2n) is 12.8. The molecule has 3 fully saturated rings. The number of sulfonamides is 1. The molecule has 0 aromatic heterocycles. The molecule has 2 aliphatic heterocycles. The molecule has 4 rings (SSSR count). The number of piperazine rings is 1. The predicted molar refractivity (Wildman–Crippen MR) is 149 cm³/mol. The van der Waals surface area contributed by atoms with Gasteiger partial charge in [0.15, 0.2) is 0 Å². The average molecular weight is 538 g/mol. The van der Waals surface area contributed by atoms with E-state index in [0.717, 1.165) is 58.3 Å². The summed E-state index contributed by atoms with van der Waals surface area (Å²) in [4.78, 5) is 17.9. The minimum atomic E-state index is -3.25. The van der Waals surface area contributed by atoms with Crippen molar-refractivity contribution in [3.05, 3.63) is 11.6 Å². The van der Waals surface area contributed by atoms with E-state index >= 15 is 0 Å². The minimum absolute atomic E-state index is 0.197. The zero-order chi connectivity index (χ0) is 26.4. The van der Waals surface area contributed by atoms with Crippen molar-refractivity contribution in [2.24, 2.45) is 29.6 Å². The van der Waals surface area contributed by atoms with Crippen LogP contribution in [0.25, 0.3) is 0 Å². The van der Waals surface area contributed by atoms with Crippen molar-refractivity contribution in [2.45, 2.75) is 91.1 Å². The van der Waals surface area contributed by atoms with Crippen LogP contribution in [0, 0.1) is 29.6 Å². The maximum atomic E-state index is 13.3. The summed E-state index contributed by atoms with van der Waals surface area (Å²) in [6.45, 7) is 12.0. The van der Waals surface area contributed by atoms with Crippen LogP contribution in [0.3, 0.4) is 0 Å². The molecule has 7 nitrogen and oxygen atoms in total. The van der Waals surface area contributed by atoms with E-state index in [1.807, 2.05) is 0 Å². The number of nitrogens with zero attached hydrogens (tertiary/aromatic N) is 2. The van der Waals surface area contributed by atoms with E-state index in [-0.39, 0.29) is 17.6 Å². The topological polar surface area (TPSA) is 86.3 Å². The van der Waals surface area contributed by atoms with Crippen molar-refractivity contribution in [2.75, 3.05) is 45.0 Å². The lowest BCUT2D eigenvalue weighted by atomic mass is 9.70. The van der Waals surface area contributed by atoms with Gasteiger partial charge in [0.05, 0.1) is 12.3 Å². The van der Waals surface area contributed by atoms with Gasteiger partial charge in [-0.2, -0.15) is 0 Å². The highest BCUT2D eigenvalue weighted by Gasteiger charge is 2.35. The third-order valence-electron chi connectivity index (χ3n) is 9.75. The summed E-state index contributed by atoms with van der Waals surface area (Å²) in [5.74, 6) is 2.18. The minimum Gasteiger partial charge on any atom is -0.340 e. The molecule has 4 atom stereocenters. The molecule has 4 aliphatic rings. The van der Waals surface area contributed by atoms with Gasteiger partial charge in [-0.15, -0.1) is 0 Å². The van der Waals surface area contributed by atoms with E-state index in [1.54, 1.807) is 0 Å². The van der Waals surface area contributed by atoms with Crippen molar-refractivity contribution in [1.82, 2.24) is 14.5 Å². The monoisotopic (exact) mass is 537 g/mol. The van der Waals surface area contributed by atoms with Gasteiger partial charge in [0.2, 0.25) is 15.9 Å². The van der Waals surface area contributed by atoms with E-state index in [0.29, 0.717) is 42.8 Å². The van der Waals surface area contributed by atoms with Gasteiger partial charge in [0.25, 0.3) is 0 Å². The van der Waals surface area contributed by atoms with E-state index in [4.69, 9.17) is 0 Å². The fourth-order valence-corrected chi connectivity index (χ4v) is 8.87. The highest BCUT2D eigenvalue weighted by molar-refractivity contribution is 7.89. The number of rotatable bonds is 9. The number of allylic oxidation sites excluding steroid dienone is 1. The average Bonchev–Trinajstić information content (AvgIpc) is 2.89. The normalized spacial score (nSPS) is 30.9. The standard InChI is InChI=1S/C29H52N4O3S/c1-22(2)27-18-25(19-29(34)33-15-13-32(14-16-33)28-11-7-8-12-30-28)23(3)17-26(27)20-31-37(35,36)21-24-9-5-4-6-10-24/h17,22,24-28,30-31H,4-16,18-21H2,1-3H3/p+1/t25-,26-,27-,28?/m0/s1. The van der Waals surface area contributed by atoms with E-state index in [9.17, 15) is 13.2 Å². The third-order valence-corrected chi connectivity index (χ3v) is 11.3. The molecule has 1 saturated carbocycles. The Bertz CT molecular complexity index is 870. The molecule has 0 aromatic rings. The Labute approximate surface area is 226 Å². The maximum Gasteiger partial charge on any atom is 0.223 e. The highest BCUT2D eigenvalue weighted by atomic mass is 32.2. The Hall–Kier alpha value is -0.960. The molecule has 1 amide bonds. The van der Waals surface area contributed by atoms with E-state index in [2.05, 4.69) is 46.7 Å². The number of nitrogens with one attached hydrogen (secondary N) is 1. The predicted octanol–water partition coefficient (Wildman–Crippen LogP) is 2.95. The first-order valence-electron chi connectivity index (χ1n) is 15.2. The number of hydrogen-bond acceptors (Lipinski definition) is 4. The fraction of sp³-hybridized carbons (Fsp3) is 0.897. The fourth-order valence-electron chi connectivity index (χ4n) is 7.35. The number of amides is 1. The summed E-state index contributed by atoms with van der Waals surface area (Å²) >= 11 is 0. The SMILES string of the molecule is CC1=C[C@@H](CNS(=O)(=O)CC2CCCCC2)[C@H](C(C)C)C[C@H]1CC(=O)N1CCN(C2CCCC[NH2+]2)CC1. The van der Waals surface area contributed by atoms with Gasteiger partial charge in [-0.25, -0.2) is 13.1 Å². The second-order valence-corrected chi connectivity index (χ2v) is 14.6. The summed E-state index contributed by atoms with van der Waals surface area (Å²) in [5.41, 5.74) is 1.26. The summed E-state index contributed by atoms with van der Waals surface area (Å²) in [6, 6.07) is 0. The van der Waals surface area contributed by atoms with Crippen molar-refractivity contribution >= 4 is 15.9 Å². The van der Waals surface area contributed by atoms with Crippen LogP contribution in [0.2, 0.25) is 0 Å². The number of quaternary nitrogens is 1. The number of carbonyl (C=O) groups is 1. The Morgan fingerprint density at radius 3 is 2.41 bits per heavy atom. The van der Waals surface area contributed by atoms with Crippen LogP contribution in [0.4, 0.5) is 0 Å². The van der Waals surface area contributed by atoms with Gasteiger partial charge >= 0.3 is 0 Å². The third kappa shape index (κ3) is 8.26. The number of carbonyl (C=O) groups excluding carboxylic acids is 1. The van der Waals surface area contributed by atoms with Crippen LogP contribution in [0.5, 0.6) is 0 Å². The smallest absolute Gasteiger partial charge is 0.223 e. The zero-order valence-corrected chi connectivity index (χ0v) is 24.5. The molecular formula is C29H53N4O3S+. The molecule has 8 heteroatoms. The summed E-state index contributed by atoms with van der Waals surface area (Å²) in [7, 11) is -3.25. The lowest BCUT2D eigenvalue weighted by molar-refractivity contribution is -0.717. The van der Waals surface area contributed by atoms with Crippen LogP contribution in [0.1, 0.15) is 85.0 Å². The van der Waals surface area contributed by atoms with Crippen molar-refractivity contribution in [3.8, 4) is 0 Å². The molecule has 37 heavy (non-hydrogen) atoms. The van der Waals surface area contributed by atoms with Crippen LogP contribution in [0.15, 0.2) is 11.6 Å². The van der Waals surface area contributed by atoms with Crippen LogP contribution in [-0.4, -0.2) is 75.3 Å². The molecule has 0 spiro atoms. The van der Waals surface area contributed by atoms with Gasteiger partial charge in [-0.1, -0.05) is 44.8 Å². The van der Waals surface area contributed by atoms with Gasteiger partial charge in [-0.3, -0.25) is 9.69 Å². The lowest BCUT2D eigenvalue weighted by Gasteiger charge is -2.40. The van der Waals surface area contributed by atoms with Gasteiger partial charge in [0.1, 0.15) is 6.17 Å². The highest BCUT2D eigenvalue weighted by Crippen LogP contribution is 2.39. The van der Waals surface area contributed by atoms with Gasteiger partial charge < -0.3 is 10.2 Å². The molecule has 0 bridgehead atoms. The molecular weight excluding hydrogens is 484 g/mol. The molecule has 2 heterocycles. The number of hydrogen-bond donors (Lipinski definition) is 2. The zero-order valence-electron chi connectivity index (χ0n) is 23.7. The Morgan fingerprint density at radius 2 is 1.76 bits per heavy atom. The lowest BCUT2D eigenvalue weighted by Crippen LogP contribution is -2.95. The van der Waals surface area contributed by atoms with Crippen LogP contribution >= 0.6 is 0 Å². The largest absolute Gasteiger partial charge is 0.340 e. The molecule has 212 valence electrons. The molecule has 2 saturated heterocycles. The van der Waals surface area contributed by atoms with Crippen molar-refractivity contribution in [1.29, 1.82) is 0 Å². The molecule has 1 unspecified atom stereocenters. The van der Waals surface area contributed by atoms with Crippen molar-refractivity contribution in [3.63, 3.8) is 0 Å². The molecule has 3 N–H and O–H groups in total. The van der Waals surface area contributed by atoms with Gasteiger partial charge in [-0.05, 0) is 68.6 Å². The Morgan fingerprint density at radius 1 is 1.05 bits per heavy atom. The quantitative estimate of drug-likeness (QED) is 0.443. The molecule has 0 aromatic carbocycles. The van der Waals surface area contributed by atoms with Gasteiger partial charge in [0, 0.05) is 45.6 Å². The number of nitrogens with two attached hydrogens (primary N) is 1. The number of piperidine rings is 1. The summed E-state index contributed by atoms with van der Waals surface area (Å²) in [6.07, 6.45) is 14.0. The van der Waals surface area contributed by atoms with E-state index in [1.165, 1.54) is 37.8 Å². The van der Waals surface area contributed by atoms with Crippen LogP contribution in [-0.2, 0) is 14.8 Å². The second kappa shape index (κ2) is 13.4. The molecule has 2 aliphatic carbocycles. The Kier molecular flexibility index (Phi) is 10.5. The maximum absolute atomic E-state index is 13.3. The van der Waals surface area contributed by atoms with Crippen LogP contribution < -0.4 is 10.0 Å². The Balaban J connectivity index is 1.28. The first-order chi connectivity index (χ1) is 17.7. The molecule has 0 radical (unpaired) electrons. The van der Waals surface area contributed by atoms with E-state index < -0.39 is 10.0 Å². The van der Waals surface area contributed by atoms with Crippen molar-refractivity contribution < 1.29 is 18.5 Å².